The van der Waals surface area contributed by atoms with Crippen LogP contribution in [0.3, 0.4) is 0 Å². The Bertz CT molecular complexity index is 815. The third-order valence-corrected chi connectivity index (χ3v) is 3.45. The van der Waals surface area contributed by atoms with E-state index in [0.29, 0.717) is 17.1 Å². The molecule has 3 aromatic rings. The van der Waals surface area contributed by atoms with Crippen LogP contribution in [0.4, 0.5) is 5.82 Å². The van der Waals surface area contributed by atoms with Crippen LogP contribution in [0.2, 0.25) is 0 Å². The molecule has 6 heteroatoms. The van der Waals surface area contributed by atoms with Crippen molar-refractivity contribution in [3.05, 3.63) is 47.8 Å². The van der Waals surface area contributed by atoms with Crippen molar-refractivity contribution in [2.75, 3.05) is 5.73 Å². The van der Waals surface area contributed by atoms with Crippen LogP contribution in [-0.4, -0.2) is 25.6 Å². The minimum Gasteiger partial charge on any atom is -0.383 e. The highest BCUT2D eigenvalue weighted by atomic mass is 15.2. The van der Waals surface area contributed by atoms with E-state index >= 15 is 0 Å². The fraction of sp³-hybridized carbons (Fsp3) is 0.267. The molecule has 0 amide bonds. The number of nitrogen functional groups attached to an aromatic ring is 1. The fourth-order valence-electron chi connectivity index (χ4n) is 2.32. The molecule has 0 saturated carbocycles. The molecule has 1 aromatic carbocycles. The van der Waals surface area contributed by atoms with Crippen molar-refractivity contribution in [2.24, 2.45) is 12.0 Å². The molecule has 6 nitrogen and oxygen atoms in total. The maximum atomic E-state index is 6.08. The first-order valence-corrected chi connectivity index (χ1v) is 6.88. The van der Waals surface area contributed by atoms with Gasteiger partial charge >= 0.3 is 0 Å². The molecular formula is C15H18N6. The zero-order valence-electron chi connectivity index (χ0n) is 12.1. The zero-order chi connectivity index (χ0) is 14.8. The molecule has 0 spiro atoms. The van der Waals surface area contributed by atoms with Gasteiger partial charge in [0.1, 0.15) is 11.3 Å². The van der Waals surface area contributed by atoms with Gasteiger partial charge in [0.05, 0.1) is 12.4 Å². The van der Waals surface area contributed by atoms with Gasteiger partial charge in [-0.2, -0.15) is 4.98 Å². The molecule has 0 aliphatic heterocycles. The first-order valence-electron chi connectivity index (χ1n) is 6.88. The van der Waals surface area contributed by atoms with Crippen LogP contribution >= 0.6 is 0 Å². The smallest absolute Gasteiger partial charge is 0.228 e. The average molecular weight is 282 g/mol. The molecule has 0 fully saturated rings. The van der Waals surface area contributed by atoms with Gasteiger partial charge in [-0.05, 0) is 18.9 Å². The van der Waals surface area contributed by atoms with E-state index in [1.165, 1.54) is 5.56 Å². The lowest BCUT2D eigenvalue weighted by Crippen LogP contribution is -2.27. The topological polar surface area (TPSA) is 84.9 Å². The Labute approximate surface area is 122 Å². The number of anilines is 1. The van der Waals surface area contributed by atoms with Crippen molar-refractivity contribution in [1.82, 2.24) is 19.5 Å². The molecule has 108 valence electrons. The van der Waals surface area contributed by atoms with Crippen LogP contribution in [0, 0.1) is 0 Å². The van der Waals surface area contributed by atoms with Crippen molar-refractivity contribution in [3.63, 3.8) is 0 Å². The summed E-state index contributed by atoms with van der Waals surface area (Å²) in [4.78, 5) is 16.3. The average Bonchev–Trinajstić information content (AvgIpc) is 2.94. The van der Waals surface area contributed by atoms with E-state index in [1.54, 1.807) is 10.9 Å². The van der Waals surface area contributed by atoms with E-state index in [4.69, 9.17) is 5.73 Å². The van der Waals surface area contributed by atoms with Gasteiger partial charge in [-0.3, -0.25) is 4.57 Å². The normalized spacial score (nSPS) is 13.7. The number of nitrogens with zero attached hydrogens (tertiary/aromatic N) is 4. The van der Waals surface area contributed by atoms with Gasteiger partial charge < -0.3 is 10.7 Å². The number of hydrogen-bond acceptors (Lipinski definition) is 4. The van der Waals surface area contributed by atoms with Crippen molar-refractivity contribution in [2.45, 2.75) is 19.4 Å². The summed E-state index contributed by atoms with van der Waals surface area (Å²) >= 11 is 0. The maximum Gasteiger partial charge on any atom is 0.228 e. The molecule has 2 heterocycles. The summed E-state index contributed by atoms with van der Waals surface area (Å²) in [5.74, 6) is 0.586. The SMILES string of the molecule is CC(Cc1ccccc1)N=c1nc2nc[nH]c2c(N)n1C. The number of H-pyrrole nitrogens is 1. The largest absolute Gasteiger partial charge is 0.383 e. The van der Waals surface area contributed by atoms with Crippen molar-refractivity contribution >= 4 is 17.0 Å². The third kappa shape index (κ3) is 2.65. The number of benzene rings is 1. The maximum absolute atomic E-state index is 6.08. The second-order valence-corrected chi connectivity index (χ2v) is 5.13. The van der Waals surface area contributed by atoms with Crippen molar-refractivity contribution < 1.29 is 0 Å². The van der Waals surface area contributed by atoms with E-state index < -0.39 is 0 Å². The quantitative estimate of drug-likeness (QED) is 0.761. The number of nitrogens with two attached hydrogens (primary N) is 1. The standard InChI is InChI=1S/C15H18N6/c1-10(8-11-6-4-3-5-7-11)19-15-20-14-12(17-9-18-14)13(16)21(15)2/h3-7,9-10H,8,16H2,1-2H3,(H,17,18,19,20). The minimum absolute atomic E-state index is 0.113. The van der Waals surface area contributed by atoms with Crippen LogP contribution in [0.5, 0.6) is 0 Å². The van der Waals surface area contributed by atoms with Crippen LogP contribution in [0.1, 0.15) is 12.5 Å². The number of rotatable bonds is 3. The molecule has 21 heavy (non-hydrogen) atoms. The molecule has 0 radical (unpaired) electrons. The van der Waals surface area contributed by atoms with Gasteiger partial charge in [-0.25, -0.2) is 9.98 Å². The first kappa shape index (κ1) is 13.4. The lowest BCUT2D eigenvalue weighted by molar-refractivity contribution is 0.670. The van der Waals surface area contributed by atoms with Gasteiger partial charge in [-0.1, -0.05) is 30.3 Å². The van der Waals surface area contributed by atoms with Crippen LogP contribution in [0.15, 0.2) is 41.7 Å². The fourth-order valence-corrected chi connectivity index (χ4v) is 2.32. The second-order valence-electron chi connectivity index (χ2n) is 5.13. The highest BCUT2D eigenvalue weighted by Crippen LogP contribution is 2.11. The Kier molecular flexibility index (Phi) is 3.43. The number of aromatic nitrogens is 4. The minimum atomic E-state index is 0.113. The van der Waals surface area contributed by atoms with E-state index in [9.17, 15) is 0 Å². The Morgan fingerprint density at radius 3 is 2.86 bits per heavy atom. The molecule has 1 atom stereocenters. The van der Waals surface area contributed by atoms with Crippen LogP contribution < -0.4 is 11.4 Å². The highest BCUT2D eigenvalue weighted by Gasteiger charge is 2.08. The highest BCUT2D eigenvalue weighted by molar-refractivity contribution is 5.80. The predicted molar refractivity (Wildman–Crippen MR) is 82.4 cm³/mol. The van der Waals surface area contributed by atoms with Gasteiger partial charge in [0.25, 0.3) is 0 Å². The van der Waals surface area contributed by atoms with Crippen molar-refractivity contribution in [1.29, 1.82) is 0 Å². The molecule has 2 aromatic heterocycles. The molecule has 0 aliphatic carbocycles. The first-order chi connectivity index (χ1) is 10.1. The Morgan fingerprint density at radius 2 is 2.10 bits per heavy atom. The second kappa shape index (κ2) is 5.40. The number of nitrogens with one attached hydrogen (secondary N) is 1. The summed E-state index contributed by atoms with van der Waals surface area (Å²) in [6, 6.07) is 10.4. The predicted octanol–water partition coefficient (Wildman–Crippen LogP) is 1.41. The molecule has 0 bridgehead atoms. The molecule has 0 saturated heterocycles. The van der Waals surface area contributed by atoms with Crippen LogP contribution in [-0.2, 0) is 13.5 Å². The zero-order valence-corrected chi connectivity index (χ0v) is 12.1. The van der Waals surface area contributed by atoms with E-state index in [1.807, 2.05) is 25.2 Å². The molecule has 3 N–H and O–H groups in total. The van der Waals surface area contributed by atoms with Gasteiger partial charge in [0, 0.05) is 7.05 Å². The monoisotopic (exact) mass is 282 g/mol. The summed E-state index contributed by atoms with van der Waals surface area (Å²) in [6.07, 6.45) is 2.45. The lowest BCUT2D eigenvalue weighted by Gasteiger charge is -2.09. The Morgan fingerprint density at radius 1 is 1.33 bits per heavy atom. The van der Waals surface area contributed by atoms with Gasteiger partial charge in [-0.15, -0.1) is 0 Å². The molecular weight excluding hydrogens is 264 g/mol. The number of fused-ring (bicyclic) bond motifs is 1. The van der Waals surface area contributed by atoms with Gasteiger partial charge in [0.2, 0.25) is 5.62 Å². The van der Waals surface area contributed by atoms with E-state index in [2.05, 4.69) is 39.0 Å². The Balaban J connectivity index is 1.97. The summed E-state index contributed by atoms with van der Waals surface area (Å²) in [6.45, 7) is 2.07. The van der Waals surface area contributed by atoms with Crippen molar-refractivity contribution in [3.8, 4) is 0 Å². The Hall–Kier alpha value is -2.63. The molecule has 0 aliphatic rings. The summed E-state index contributed by atoms with van der Waals surface area (Å²) in [7, 11) is 1.86. The van der Waals surface area contributed by atoms with E-state index in [0.717, 1.165) is 11.9 Å². The number of imidazole rings is 1. The number of aromatic amines is 1. The summed E-state index contributed by atoms with van der Waals surface area (Å²) < 4.78 is 1.78. The number of hydrogen-bond donors (Lipinski definition) is 2. The third-order valence-electron chi connectivity index (χ3n) is 3.45. The summed E-state index contributed by atoms with van der Waals surface area (Å²) in [5, 5.41) is 0. The van der Waals surface area contributed by atoms with E-state index in [-0.39, 0.29) is 6.04 Å². The molecule has 3 rings (SSSR count). The lowest BCUT2D eigenvalue weighted by atomic mass is 10.1. The van der Waals surface area contributed by atoms with Crippen LogP contribution in [0.25, 0.3) is 11.2 Å². The molecule has 1 unspecified atom stereocenters. The summed E-state index contributed by atoms with van der Waals surface area (Å²) in [5.41, 5.74) is 9.27. The van der Waals surface area contributed by atoms with Gasteiger partial charge in [0.15, 0.2) is 5.65 Å².